The van der Waals surface area contributed by atoms with Crippen LogP contribution in [-0.4, -0.2) is 37.0 Å². The number of nitrogens with zero attached hydrogens (tertiary/aromatic N) is 2. The second-order valence-corrected chi connectivity index (χ2v) is 4.69. The molecule has 1 aromatic carbocycles. The van der Waals surface area contributed by atoms with E-state index < -0.39 is 0 Å². The molecule has 110 valence electrons. The highest BCUT2D eigenvalue weighted by Gasteiger charge is 2.12. The molecule has 0 spiro atoms. The topological polar surface area (TPSA) is 54.5 Å². The molecule has 5 heteroatoms. The number of aromatic nitrogens is 1. The molecular weight excluding hydrogens is 266 g/mol. The number of hydrogen-bond donors (Lipinski definition) is 1. The summed E-state index contributed by atoms with van der Waals surface area (Å²) < 4.78 is 5.12. The van der Waals surface area contributed by atoms with Crippen LogP contribution in [0.1, 0.15) is 15.9 Å². The fourth-order valence-corrected chi connectivity index (χ4v) is 2.00. The maximum absolute atomic E-state index is 12.4. The van der Waals surface area contributed by atoms with Crippen molar-refractivity contribution >= 4 is 11.7 Å². The molecule has 0 aliphatic heterocycles. The molecule has 1 aromatic heterocycles. The van der Waals surface area contributed by atoms with Crippen LogP contribution in [0.15, 0.2) is 42.6 Å². The number of carbonyl (C=O) groups is 1. The van der Waals surface area contributed by atoms with Gasteiger partial charge in [-0.1, -0.05) is 12.1 Å². The average molecular weight is 285 g/mol. The highest BCUT2D eigenvalue weighted by Crippen LogP contribution is 2.14. The third-order valence-electron chi connectivity index (χ3n) is 3.19. The Hall–Kier alpha value is -2.56. The Bertz CT molecular complexity index is 611. The van der Waals surface area contributed by atoms with Gasteiger partial charge in [-0.15, -0.1) is 0 Å². The standard InChI is InChI=1S/C16H19N3O2/c1-17-15-10-13(8-9-18-15)16(20)19(2)11-12-4-6-14(21-3)7-5-12/h4-10H,11H2,1-3H3,(H,17,18). The van der Waals surface area contributed by atoms with Crippen LogP contribution in [0.5, 0.6) is 5.75 Å². The van der Waals surface area contributed by atoms with Crippen molar-refractivity contribution in [2.75, 3.05) is 26.5 Å². The number of carbonyl (C=O) groups excluding carboxylic acids is 1. The Labute approximate surface area is 124 Å². The highest BCUT2D eigenvalue weighted by molar-refractivity contribution is 5.94. The smallest absolute Gasteiger partial charge is 0.254 e. The molecule has 21 heavy (non-hydrogen) atoms. The fraction of sp³-hybridized carbons (Fsp3) is 0.250. The molecule has 5 nitrogen and oxygen atoms in total. The summed E-state index contributed by atoms with van der Waals surface area (Å²) in [6, 6.07) is 11.1. The molecule has 0 saturated heterocycles. The normalized spacial score (nSPS) is 10.0. The molecule has 0 aliphatic rings. The second-order valence-electron chi connectivity index (χ2n) is 4.69. The van der Waals surface area contributed by atoms with Gasteiger partial charge in [-0.2, -0.15) is 0 Å². The van der Waals surface area contributed by atoms with Crippen molar-refractivity contribution in [2.24, 2.45) is 0 Å². The summed E-state index contributed by atoms with van der Waals surface area (Å²) in [5, 5.41) is 2.93. The SMILES string of the molecule is CNc1cc(C(=O)N(C)Cc2ccc(OC)cc2)ccn1. The molecule has 0 radical (unpaired) electrons. The molecule has 0 fully saturated rings. The summed E-state index contributed by atoms with van der Waals surface area (Å²) in [7, 11) is 5.19. The van der Waals surface area contributed by atoms with E-state index in [1.165, 1.54) is 0 Å². The molecule has 1 heterocycles. The van der Waals surface area contributed by atoms with Crippen LogP contribution < -0.4 is 10.1 Å². The van der Waals surface area contributed by atoms with Crippen LogP contribution in [0.4, 0.5) is 5.82 Å². The Balaban J connectivity index is 2.07. The molecule has 0 bridgehead atoms. The van der Waals surface area contributed by atoms with Gasteiger partial charge in [-0.05, 0) is 29.8 Å². The van der Waals surface area contributed by atoms with Crippen molar-refractivity contribution in [2.45, 2.75) is 6.54 Å². The van der Waals surface area contributed by atoms with E-state index in [-0.39, 0.29) is 5.91 Å². The van der Waals surface area contributed by atoms with Crippen molar-refractivity contribution in [3.05, 3.63) is 53.7 Å². The van der Waals surface area contributed by atoms with Crippen molar-refractivity contribution < 1.29 is 9.53 Å². The number of pyridine rings is 1. The first kappa shape index (κ1) is 14.8. The zero-order chi connectivity index (χ0) is 15.2. The third kappa shape index (κ3) is 3.72. The Morgan fingerprint density at radius 1 is 1.29 bits per heavy atom. The van der Waals surface area contributed by atoms with E-state index >= 15 is 0 Å². The summed E-state index contributed by atoms with van der Waals surface area (Å²) >= 11 is 0. The van der Waals surface area contributed by atoms with Crippen molar-refractivity contribution in [3.8, 4) is 5.75 Å². The number of ether oxygens (including phenoxy) is 1. The monoisotopic (exact) mass is 285 g/mol. The van der Waals surface area contributed by atoms with E-state index in [2.05, 4.69) is 10.3 Å². The van der Waals surface area contributed by atoms with Crippen LogP contribution in [0.25, 0.3) is 0 Å². The molecule has 0 unspecified atom stereocenters. The van der Waals surface area contributed by atoms with Gasteiger partial charge in [-0.25, -0.2) is 4.98 Å². The first-order valence-electron chi connectivity index (χ1n) is 6.66. The van der Waals surface area contributed by atoms with Crippen molar-refractivity contribution in [3.63, 3.8) is 0 Å². The van der Waals surface area contributed by atoms with Crippen LogP contribution in [0.2, 0.25) is 0 Å². The number of rotatable bonds is 5. The molecule has 1 amide bonds. The molecule has 2 rings (SSSR count). The minimum absolute atomic E-state index is 0.0373. The zero-order valence-corrected chi connectivity index (χ0v) is 12.5. The summed E-state index contributed by atoms with van der Waals surface area (Å²) in [6.07, 6.45) is 1.63. The number of anilines is 1. The summed E-state index contributed by atoms with van der Waals surface area (Å²) in [5.41, 5.74) is 1.67. The van der Waals surface area contributed by atoms with Gasteiger partial charge in [0.1, 0.15) is 11.6 Å². The molecule has 2 aromatic rings. The quantitative estimate of drug-likeness (QED) is 0.916. The van der Waals surface area contributed by atoms with Gasteiger partial charge in [-0.3, -0.25) is 4.79 Å². The van der Waals surface area contributed by atoms with E-state index in [4.69, 9.17) is 4.74 Å². The first-order valence-corrected chi connectivity index (χ1v) is 6.66. The molecular formula is C16H19N3O2. The van der Waals surface area contributed by atoms with Crippen LogP contribution in [0, 0.1) is 0 Å². The maximum atomic E-state index is 12.4. The van der Waals surface area contributed by atoms with Gasteiger partial charge in [0, 0.05) is 32.4 Å². The number of amides is 1. The van der Waals surface area contributed by atoms with E-state index in [1.807, 2.05) is 24.3 Å². The van der Waals surface area contributed by atoms with E-state index in [9.17, 15) is 4.79 Å². The van der Waals surface area contributed by atoms with Gasteiger partial charge in [0.25, 0.3) is 5.91 Å². The minimum atomic E-state index is -0.0373. The second kappa shape index (κ2) is 6.74. The van der Waals surface area contributed by atoms with Crippen LogP contribution in [-0.2, 0) is 6.54 Å². The minimum Gasteiger partial charge on any atom is -0.497 e. The first-order chi connectivity index (χ1) is 10.1. The van der Waals surface area contributed by atoms with Crippen molar-refractivity contribution in [1.82, 2.24) is 9.88 Å². The number of methoxy groups -OCH3 is 1. The fourth-order valence-electron chi connectivity index (χ4n) is 2.00. The molecule has 0 atom stereocenters. The lowest BCUT2D eigenvalue weighted by atomic mass is 10.2. The van der Waals surface area contributed by atoms with E-state index in [1.54, 1.807) is 44.4 Å². The van der Waals surface area contributed by atoms with Gasteiger partial charge in [0.05, 0.1) is 7.11 Å². The third-order valence-corrected chi connectivity index (χ3v) is 3.19. The zero-order valence-electron chi connectivity index (χ0n) is 12.5. The lowest BCUT2D eigenvalue weighted by molar-refractivity contribution is 0.0785. The number of hydrogen-bond acceptors (Lipinski definition) is 4. The lowest BCUT2D eigenvalue weighted by Gasteiger charge is -2.17. The summed E-state index contributed by atoms with van der Waals surface area (Å²) in [6.45, 7) is 0.542. The van der Waals surface area contributed by atoms with Gasteiger partial charge in [0.15, 0.2) is 0 Å². The van der Waals surface area contributed by atoms with E-state index in [0.29, 0.717) is 17.9 Å². The Kier molecular flexibility index (Phi) is 4.77. The van der Waals surface area contributed by atoms with Crippen LogP contribution >= 0.6 is 0 Å². The number of nitrogens with one attached hydrogen (secondary N) is 1. The van der Waals surface area contributed by atoms with Gasteiger partial charge < -0.3 is 15.0 Å². The highest BCUT2D eigenvalue weighted by atomic mass is 16.5. The van der Waals surface area contributed by atoms with Gasteiger partial charge in [0.2, 0.25) is 0 Å². The Morgan fingerprint density at radius 3 is 2.62 bits per heavy atom. The maximum Gasteiger partial charge on any atom is 0.254 e. The van der Waals surface area contributed by atoms with Gasteiger partial charge >= 0.3 is 0 Å². The van der Waals surface area contributed by atoms with Crippen molar-refractivity contribution in [1.29, 1.82) is 0 Å². The molecule has 0 aliphatic carbocycles. The predicted molar refractivity (Wildman–Crippen MR) is 82.6 cm³/mol. The lowest BCUT2D eigenvalue weighted by Crippen LogP contribution is -2.26. The average Bonchev–Trinajstić information content (AvgIpc) is 2.54. The largest absolute Gasteiger partial charge is 0.497 e. The summed E-state index contributed by atoms with van der Waals surface area (Å²) in [4.78, 5) is 18.2. The van der Waals surface area contributed by atoms with E-state index in [0.717, 1.165) is 11.3 Å². The molecule has 1 N–H and O–H groups in total. The number of benzene rings is 1. The molecule has 0 saturated carbocycles. The Morgan fingerprint density at radius 2 is 2.00 bits per heavy atom. The predicted octanol–water partition coefficient (Wildman–Crippen LogP) is 2.40. The van der Waals surface area contributed by atoms with Crippen LogP contribution in [0.3, 0.4) is 0 Å². The summed E-state index contributed by atoms with van der Waals surface area (Å²) in [5.74, 6) is 1.45.